The summed E-state index contributed by atoms with van der Waals surface area (Å²) in [5.41, 5.74) is 1.52. The molecule has 2 aromatic carbocycles. The van der Waals surface area contributed by atoms with E-state index in [0.29, 0.717) is 34.1 Å². The highest BCUT2D eigenvalue weighted by Gasteiger charge is 2.60. The molecule has 0 aliphatic carbocycles. The number of halogens is 1. The van der Waals surface area contributed by atoms with Gasteiger partial charge >= 0.3 is 0 Å². The van der Waals surface area contributed by atoms with Crippen LogP contribution in [0.5, 0.6) is 5.75 Å². The van der Waals surface area contributed by atoms with Crippen LogP contribution in [-0.2, 0) is 15.1 Å². The molecule has 0 radical (unpaired) electrons. The molecule has 1 spiro atoms. The number of carbonyl (C=O) groups is 2. The third kappa shape index (κ3) is 3.23. The topological polar surface area (TPSA) is 99.7 Å². The number of aryl methyl sites for hydroxylation is 1. The molecule has 0 aromatic heterocycles. The lowest BCUT2D eigenvalue weighted by Crippen LogP contribution is -2.53. The van der Waals surface area contributed by atoms with E-state index in [0.717, 1.165) is 5.56 Å². The van der Waals surface area contributed by atoms with E-state index < -0.39 is 23.6 Å². The van der Waals surface area contributed by atoms with E-state index >= 15 is 0 Å². The van der Waals surface area contributed by atoms with Crippen molar-refractivity contribution in [3.8, 4) is 5.75 Å². The zero-order valence-corrected chi connectivity index (χ0v) is 17.7. The van der Waals surface area contributed by atoms with Crippen molar-refractivity contribution in [3.05, 3.63) is 52.5 Å². The molecule has 2 amide bonds. The quantitative estimate of drug-likeness (QED) is 0.599. The maximum Gasteiger partial charge on any atom is 0.250 e. The Morgan fingerprint density at radius 1 is 1.33 bits per heavy atom. The number of aliphatic hydroxyl groups excluding tert-OH is 1. The average Bonchev–Trinajstić information content (AvgIpc) is 3.23. The van der Waals surface area contributed by atoms with Gasteiger partial charge in [-0.05, 0) is 44.5 Å². The van der Waals surface area contributed by atoms with Gasteiger partial charge in [0.15, 0.2) is 0 Å². The van der Waals surface area contributed by atoms with E-state index in [1.54, 1.807) is 25.1 Å². The molecule has 7 nitrogen and oxygen atoms in total. The molecule has 4 rings (SSSR count). The second kappa shape index (κ2) is 7.58. The molecule has 1 saturated heterocycles. The van der Waals surface area contributed by atoms with Crippen molar-refractivity contribution in [2.45, 2.75) is 38.0 Å². The van der Waals surface area contributed by atoms with E-state index in [4.69, 9.17) is 16.3 Å². The number of ether oxygens (including phenoxy) is 1. The van der Waals surface area contributed by atoms with Gasteiger partial charge in [-0.2, -0.15) is 0 Å². The minimum Gasteiger partial charge on any atom is -0.495 e. The van der Waals surface area contributed by atoms with Crippen LogP contribution in [0.4, 0.5) is 11.4 Å². The number of methoxy groups -OCH3 is 1. The van der Waals surface area contributed by atoms with Gasteiger partial charge in [0.25, 0.3) is 0 Å². The SMILES string of the molecule is COc1ccc(Cl)cc1NC(=O)[C@H]1C[C@H]([C@@H](C)O)N[C@@]12C(=O)Nc1ccc(C)cc12. The van der Waals surface area contributed by atoms with Gasteiger partial charge in [0.2, 0.25) is 11.8 Å². The molecule has 2 aliphatic heterocycles. The monoisotopic (exact) mass is 429 g/mol. The maximum atomic E-state index is 13.5. The summed E-state index contributed by atoms with van der Waals surface area (Å²) in [7, 11) is 1.50. The summed E-state index contributed by atoms with van der Waals surface area (Å²) in [4.78, 5) is 26.7. The van der Waals surface area contributed by atoms with Gasteiger partial charge in [-0.1, -0.05) is 29.3 Å². The number of carbonyl (C=O) groups excluding carboxylic acids is 2. The summed E-state index contributed by atoms with van der Waals surface area (Å²) in [5.74, 6) is -0.934. The normalized spacial score (nSPS) is 25.7. The number of fused-ring (bicyclic) bond motifs is 2. The third-order valence-corrected chi connectivity index (χ3v) is 6.18. The summed E-state index contributed by atoms with van der Waals surface area (Å²) < 4.78 is 5.33. The molecular formula is C22H24ClN3O4. The van der Waals surface area contributed by atoms with Crippen LogP contribution in [0.15, 0.2) is 36.4 Å². The Balaban J connectivity index is 1.76. The Hall–Kier alpha value is -2.61. The van der Waals surface area contributed by atoms with Crippen molar-refractivity contribution in [2.24, 2.45) is 5.92 Å². The molecule has 8 heteroatoms. The van der Waals surface area contributed by atoms with Crippen LogP contribution in [0.25, 0.3) is 0 Å². The Labute approximate surface area is 179 Å². The number of rotatable bonds is 4. The molecule has 4 N–H and O–H groups in total. The lowest BCUT2D eigenvalue weighted by molar-refractivity contribution is -0.130. The molecule has 0 saturated carbocycles. The minimum absolute atomic E-state index is 0.299. The average molecular weight is 430 g/mol. The van der Waals surface area contributed by atoms with Crippen LogP contribution >= 0.6 is 11.6 Å². The van der Waals surface area contributed by atoms with Gasteiger partial charge in [0.05, 0.1) is 24.8 Å². The second-order valence-electron chi connectivity index (χ2n) is 7.92. The highest BCUT2D eigenvalue weighted by atomic mass is 35.5. The first-order chi connectivity index (χ1) is 14.3. The Bertz CT molecular complexity index is 1030. The Kier molecular flexibility index (Phi) is 5.22. The van der Waals surface area contributed by atoms with Crippen molar-refractivity contribution in [3.63, 3.8) is 0 Å². The number of amides is 2. The molecule has 158 valence electrons. The summed E-state index contributed by atoms with van der Waals surface area (Å²) in [6.45, 7) is 3.58. The van der Waals surface area contributed by atoms with Crippen molar-refractivity contribution >= 4 is 34.8 Å². The first kappa shape index (κ1) is 20.7. The molecule has 2 aromatic rings. The van der Waals surface area contributed by atoms with Gasteiger partial charge in [-0.3, -0.25) is 14.9 Å². The molecule has 30 heavy (non-hydrogen) atoms. The highest BCUT2D eigenvalue weighted by molar-refractivity contribution is 6.31. The van der Waals surface area contributed by atoms with E-state index in [2.05, 4.69) is 16.0 Å². The largest absolute Gasteiger partial charge is 0.495 e. The number of nitrogens with one attached hydrogen (secondary N) is 3. The fourth-order valence-corrected chi connectivity index (χ4v) is 4.60. The fourth-order valence-electron chi connectivity index (χ4n) is 4.43. The van der Waals surface area contributed by atoms with Crippen LogP contribution in [0, 0.1) is 12.8 Å². The van der Waals surface area contributed by atoms with Crippen LogP contribution < -0.4 is 20.7 Å². The van der Waals surface area contributed by atoms with Crippen molar-refractivity contribution in [2.75, 3.05) is 17.7 Å². The van der Waals surface area contributed by atoms with Crippen molar-refractivity contribution in [1.29, 1.82) is 0 Å². The molecule has 4 atom stereocenters. The maximum absolute atomic E-state index is 13.5. The van der Waals surface area contributed by atoms with Gasteiger partial charge < -0.3 is 20.5 Å². The van der Waals surface area contributed by atoms with Crippen LogP contribution in [0.1, 0.15) is 24.5 Å². The summed E-state index contributed by atoms with van der Waals surface area (Å²) in [6.07, 6.45) is -0.435. The third-order valence-electron chi connectivity index (χ3n) is 5.95. The lowest BCUT2D eigenvalue weighted by Gasteiger charge is -2.29. The summed E-state index contributed by atoms with van der Waals surface area (Å²) in [6, 6.07) is 10.2. The van der Waals surface area contributed by atoms with Crippen molar-refractivity contribution in [1.82, 2.24) is 5.32 Å². The van der Waals surface area contributed by atoms with Crippen LogP contribution in [0.3, 0.4) is 0 Å². The number of hydrogen-bond acceptors (Lipinski definition) is 5. The number of aliphatic hydroxyl groups is 1. The fraction of sp³-hybridized carbons (Fsp3) is 0.364. The molecule has 2 aliphatic rings. The molecule has 0 unspecified atom stereocenters. The molecule has 2 heterocycles. The Morgan fingerprint density at radius 2 is 2.10 bits per heavy atom. The van der Waals surface area contributed by atoms with Crippen LogP contribution in [0.2, 0.25) is 5.02 Å². The van der Waals surface area contributed by atoms with E-state index in [1.165, 1.54) is 7.11 Å². The van der Waals surface area contributed by atoms with Crippen LogP contribution in [-0.4, -0.2) is 36.2 Å². The minimum atomic E-state index is -1.26. The van der Waals surface area contributed by atoms with Gasteiger partial charge in [0.1, 0.15) is 11.3 Å². The highest BCUT2D eigenvalue weighted by Crippen LogP contribution is 2.48. The number of anilines is 2. The zero-order valence-electron chi connectivity index (χ0n) is 17.0. The smallest absolute Gasteiger partial charge is 0.250 e. The first-order valence-electron chi connectivity index (χ1n) is 9.79. The molecule has 0 bridgehead atoms. The number of benzene rings is 2. The lowest BCUT2D eigenvalue weighted by atomic mass is 9.79. The molecular weight excluding hydrogens is 406 g/mol. The predicted octanol–water partition coefficient (Wildman–Crippen LogP) is 2.80. The summed E-state index contributed by atoms with van der Waals surface area (Å²) >= 11 is 6.09. The second-order valence-corrected chi connectivity index (χ2v) is 8.36. The molecule has 1 fully saturated rings. The predicted molar refractivity (Wildman–Crippen MR) is 115 cm³/mol. The zero-order chi connectivity index (χ0) is 21.6. The van der Waals surface area contributed by atoms with E-state index in [-0.39, 0.29) is 11.8 Å². The van der Waals surface area contributed by atoms with Crippen molar-refractivity contribution < 1.29 is 19.4 Å². The van der Waals surface area contributed by atoms with Gasteiger partial charge in [-0.15, -0.1) is 0 Å². The van der Waals surface area contributed by atoms with E-state index in [9.17, 15) is 14.7 Å². The summed E-state index contributed by atoms with van der Waals surface area (Å²) in [5, 5.41) is 19.7. The number of hydrogen-bond donors (Lipinski definition) is 4. The first-order valence-corrected chi connectivity index (χ1v) is 10.2. The van der Waals surface area contributed by atoms with Gasteiger partial charge in [0, 0.05) is 22.3 Å². The Morgan fingerprint density at radius 3 is 2.80 bits per heavy atom. The van der Waals surface area contributed by atoms with Gasteiger partial charge in [-0.25, -0.2) is 0 Å². The standard InChI is InChI=1S/C22H24ClN3O4/c1-11-4-6-16-14(8-11)22(21(29)25-16)15(10-17(26-22)12(2)27)20(28)24-18-9-13(23)5-7-19(18)30-3/h4-9,12,15,17,26-27H,10H2,1-3H3,(H,24,28)(H,25,29)/t12-,15-,17-,22-/m1/s1. The van der Waals surface area contributed by atoms with E-state index in [1.807, 2.05) is 25.1 Å².